The number of Topliss-reactive ketones (excluding diaryl/α,β-unsaturated/α-hetero) is 1. The average molecular weight is 308 g/mol. The maximum atomic E-state index is 12.3. The highest BCUT2D eigenvalue weighted by atomic mass is 35.5. The summed E-state index contributed by atoms with van der Waals surface area (Å²) in [5, 5.41) is 0.938. The van der Waals surface area contributed by atoms with Crippen molar-refractivity contribution in [2.75, 3.05) is 18.5 Å². The Kier molecular flexibility index (Phi) is 4.69. The monoisotopic (exact) mass is 307 g/mol. The van der Waals surface area contributed by atoms with E-state index in [4.69, 9.17) is 23.2 Å². The van der Waals surface area contributed by atoms with Gasteiger partial charge in [0, 0.05) is 23.3 Å². The lowest BCUT2D eigenvalue weighted by Gasteiger charge is -2.19. The van der Waals surface area contributed by atoms with Crippen molar-refractivity contribution in [2.45, 2.75) is 6.92 Å². The molecule has 0 aromatic heterocycles. The van der Waals surface area contributed by atoms with Crippen molar-refractivity contribution in [3.8, 4) is 0 Å². The molecule has 104 valence electrons. The molecule has 2 aromatic carbocycles. The molecule has 4 heteroatoms. The van der Waals surface area contributed by atoms with E-state index >= 15 is 0 Å². The molecule has 0 radical (unpaired) electrons. The molecule has 0 heterocycles. The Morgan fingerprint density at radius 3 is 2.60 bits per heavy atom. The number of aryl methyl sites for hydroxylation is 1. The van der Waals surface area contributed by atoms with Gasteiger partial charge >= 0.3 is 0 Å². The van der Waals surface area contributed by atoms with Crippen LogP contribution in [0.25, 0.3) is 0 Å². The van der Waals surface area contributed by atoms with Crippen molar-refractivity contribution in [1.82, 2.24) is 0 Å². The summed E-state index contributed by atoms with van der Waals surface area (Å²) in [5.74, 6) is -0.0542. The van der Waals surface area contributed by atoms with E-state index in [1.807, 2.05) is 43.1 Å². The topological polar surface area (TPSA) is 20.3 Å². The van der Waals surface area contributed by atoms with E-state index in [0.29, 0.717) is 15.6 Å². The van der Waals surface area contributed by atoms with E-state index in [1.165, 1.54) is 0 Å². The van der Waals surface area contributed by atoms with Gasteiger partial charge < -0.3 is 4.90 Å². The summed E-state index contributed by atoms with van der Waals surface area (Å²) in [4.78, 5) is 14.2. The standard InChI is InChI=1S/C16H15Cl2NO/c1-11-4-3-5-13(8-11)19(2)10-16(20)14-9-12(17)6-7-15(14)18/h3-9H,10H2,1-2H3. The second-order valence-corrected chi connectivity index (χ2v) is 5.59. The Balaban J connectivity index is 2.17. The van der Waals surface area contributed by atoms with Crippen LogP contribution in [-0.2, 0) is 0 Å². The number of halogens is 2. The number of likely N-dealkylation sites (N-methyl/N-ethyl adjacent to an activating group) is 1. The highest BCUT2D eigenvalue weighted by Gasteiger charge is 2.14. The van der Waals surface area contributed by atoms with Crippen molar-refractivity contribution in [3.05, 3.63) is 63.6 Å². The van der Waals surface area contributed by atoms with Crippen molar-refractivity contribution in [3.63, 3.8) is 0 Å². The van der Waals surface area contributed by atoms with Gasteiger partial charge in [0.1, 0.15) is 0 Å². The molecule has 0 fully saturated rings. The van der Waals surface area contributed by atoms with Crippen LogP contribution in [0.3, 0.4) is 0 Å². The van der Waals surface area contributed by atoms with E-state index in [1.54, 1.807) is 18.2 Å². The lowest BCUT2D eigenvalue weighted by atomic mass is 10.1. The van der Waals surface area contributed by atoms with Crippen LogP contribution >= 0.6 is 23.2 Å². The van der Waals surface area contributed by atoms with Crippen LogP contribution < -0.4 is 4.90 Å². The molecule has 0 unspecified atom stereocenters. The summed E-state index contributed by atoms with van der Waals surface area (Å²) < 4.78 is 0. The normalized spacial score (nSPS) is 10.4. The van der Waals surface area contributed by atoms with Gasteiger partial charge in [-0.3, -0.25) is 4.79 Å². The first-order valence-electron chi connectivity index (χ1n) is 6.23. The van der Waals surface area contributed by atoms with Crippen LogP contribution in [0.2, 0.25) is 10.0 Å². The maximum absolute atomic E-state index is 12.3. The Labute approximate surface area is 128 Å². The average Bonchev–Trinajstić information content (AvgIpc) is 2.41. The summed E-state index contributed by atoms with van der Waals surface area (Å²) >= 11 is 12.0. The Morgan fingerprint density at radius 2 is 1.90 bits per heavy atom. The number of carbonyl (C=O) groups is 1. The Bertz CT molecular complexity index is 640. The molecule has 0 amide bonds. The van der Waals surface area contributed by atoms with Crippen molar-refractivity contribution < 1.29 is 4.79 Å². The molecule has 0 spiro atoms. The highest BCUT2D eigenvalue weighted by molar-refractivity contribution is 6.36. The molecule has 2 rings (SSSR count). The summed E-state index contributed by atoms with van der Waals surface area (Å²) in [6.07, 6.45) is 0. The van der Waals surface area contributed by atoms with Gasteiger partial charge in [0.25, 0.3) is 0 Å². The molecule has 0 bridgehead atoms. The summed E-state index contributed by atoms with van der Waals surface area (Å²) in [6.45, 7) is 2.27. The predicted octanol–water partition coefficient (Wildman–Crippen LogP) is 4.62. The fourth-order valence-corrected chi connectivity index (χ4v) is 2.36. The molecular weight excluding hydrogens is 293 g/mol. The van der Waals surface area contributed by atoms with Gasteiger partial charge in [-0.05, 0) is 42.8 Å². The molecule has 0 saturated heterocycles. The Morgan fingerprint density at radius 1 is 1.15 bits per heavy atom. The molecule has 20 heavy (non-hydrogen) atoms. The molecule has 0 aliphatic rings. The smallest absolute Gasteiger partial charge is 0.183 e. The number of hydrogen-bond acceptors (Lipinski definition) is 2. The zero-order valence-electron chi connectivity index (χ0n) is 11.4. The fourth-order valence-electron chi connectivity index (χ4n) is 1.97. The summed E-state index contributed by atoms with van der Waals surface area (Å²) in [6, 6.07) is 12.9. The maximum Gasteiger partial charge on any atom is 0.183 e. The van der Waals surface area contributed by atoms with Crippen LogP contribution in [0.1, 0.15) is 15.9 Å². The van der Waals surface area contributed by atoms with Crippen LogP contribution in [0, 0.1) is 6.92 Å². The van der Waals surface area contributed by atoms with Crippen LogP contribution in [0.15, 0.2) is 42.5 Å². The largest absolute Gasteiger partial charge is 0.367 e. The number of benzene rings is 2. The minimum Gasteiger partial charge on any atom is -0.367 e. The number of nitrogens with zero attached hydrogens (tertiary/aromatic N) is 1. The van der Waals surface area contributed by atoms with Gasteiger partial charge in [0.15, 0.2) is 5.78 Å². The molecule has 0 N–H and O–H groups in total. The second-order valence-electron chi connectivity index (χ2n) is 4.74. The molecular formula is C16H15Cl2NO. The first-order valence-corrected chi connectivity index (χ1v) is 6.99. The third-order valence-corrected chi connectivity index (χ3v) is 3.62. The van der Waals surface area contributed by atoms with Crippen LogP contribution in [0.5, 0.6) is 0 Å². The van der Waals surface area contributed by atoms with E-state index in [-0.39, 0.29) is 12.3 Å². The van der Waals surface area contributed by atoms with Gasteiger partial charge in [-0.1, -0.05) is 35.3 Å². The molecule has 2 nitrogen and oxygen atoms in total. The second kappa shape index (κ2) is 6.29. The van der Waals surface area contributed by atoms with E-state index < -0.39 is 0 Å². The number of carbonyl (C=O) groups excluding carboxylic acids is 1. The quantitative estimate of drug-likeness (QED) is 0.768. The van der Waals surface area contributed by atoms with Gasteiger partial charge in [0.2, 0.25) is 0 Å². The number of ketones is 1. The minimum atomic E-state index is -0.0542. The summed E-state index contributed by atoms with van der Waals surface area (Å²) in [7, 11) is 1.88. The van der Waals surface area contributed by atoms with Gasteiger partial charge in [-0.15, -0.1) is 0 Å². The molecule has 0 aliphatic carbocycles. The molecule has 2 aromatic rings. The first kappa shape index (κ1) is 14.9. The zero-order valence-corrected chi connectivity index (χ0v) is 12.9. The van der Waals surface area contributed by atoms with Gasteiger partial charge in [-0.2, -0.15) is 0 Å². The molecule has 0 saturated carbocycles. The SMILES string of the molecule is Cc1cccc(N(C)CC(=O)c2cc(Cl)ccc2Cl)c1. The van der Waals surface area contributed by atoms with Crippen molar-refractivity contribution in [1.29, 1.82) is 0 Å². The predicted molar refractivity (Wildman–Crippen MR) is 85.2 cm³/mol. The van der Waals surface area contributed by atoms with Crippen molar-refractivity contribution >= 4 is 34.7 Å². The third kappa shape index (κ3) is 3.53. The van der Waals surface area contributed by atoms with Crippen LogP contribution in [-0.4, -0.2) is 19.4 Å². The highest BCUT2D eigenvalue weighted by Crippen LogP contribution is 2.22. The van der Waals surface area contributed by atoms with Gasteiger partial charge in [-0.25, -0.2) is 0 Å². The Hall–Kier alpha value is -1.51. The van der Waals surface area contributed by atoms with Crippen LogP contribution in [0.4, 0.5) is 5.69 Å². The first-order chi connectivity index (χ1) is 9.47. The minimum absolute atomic E-state index is 0.0542. The zero-order chi connectivity index (χ0) is 14.7. The summed E-state index contributed by atoms with van der Waals surface area (Å²) in [5.41, 5.74) is 2.61. The molecule has 0 atom stereocenters. The fraction of sp³-hybridized carbons (Fsp3) is 0.188. The lowest BCUT2D eigenvalue weighted by Crippen LogP contribution is -2.25. The van der Waals surface area contributed by atoms with E-state index in [9.17, 15) is 4.79 Å². The molecule has 0 aliphatic heterocycles. The van der Waals surface area contributed by atoms with E-state index in [0.717, 1.165) is 11.3 Å². The number of rotatable bonds is 4. The number of anilines is 1. The van der Waals surface area contributed by atoms with Gasteiger partial charge in [0.05, 0.1) is 11.6 Å². The third-order valence-electron chi connectivity index (χ3n) is 3.05. The van der Waals surface area contributed by atoms with Crippen molar-refractivity contribution in [2.24, 2.45) is 0 Å². The van der Waals surface area contributed by atoms with E-state index in [2.05, 4.69) is 0 Å². The number of hydrogen-bond donors (Lipinski definition) is 0. The lowest BCUT2D eigenvalue weighted by molar-refractivity contribution is 0.100.